The molecule has 0 radical (unpaired) electrons. The Morgan fingerprint density at radius 1 is 1.44 bits per heavy atom. The lowest BCUT2D eigenvalue weighted by Gasteiger charge is -2.06. The predicted molar refractivity (Wildman–Crippen MR) is 68.9 cm³/mol. The highest BCUT2D eigenvalue weighted by molar-refractivity contribution is 8.00. The molecule has 0 bridgehead atoms. The maximum atomic E-state index is 11.2. The van der Waals surface area contributed by atoms with Gasteiger partial charge in [-0.25, -0.2) is 0 Å². The summed E-state index contributed by atoms with van der Waals surface area (Å²) in [6, 6.07) is 8.65. The fourth-order valence-corrected chi connectivity index (χ4v) is 3.49. The second kappa shape index (κ2) is 5.53. The Morgan fingerprint density at radius 2 is 2.25 bits per heavy atom. The van der Waals surface area contributed by atoms with Crippen molar-refractivity contribution in [2.75, 3.05) is 0 Å². The van der Waals surface area contributed by atoms with E-state index in [4.69, 9.17) is 0 Å². The Bertz CT molecular complexity index is 348. The predicted octanol–water partition coefficient (Wildman–Crippen LogP) is 3.85. The molecule has 0 spiro atoms. The Morgan fingerprint density at radius 3 is 3.00 bits per heavy atom. The summed E-state index contributed by atoms with van der Waals surface area (Å²) in [6.07, 6.45) is 4.87. The minimum Gasteiger partial charge on any atom is -0.300 e. The van der Waals surface area contributed by atoms with Crippen LogP contribution in [0.1, 0.15) is 38.2 Å². The van der Waals surface area contributed by atoms with E-state index in [2.05, 4.69) is 24.3 Å². The van der Waals surface area contributed by atoms with E-state index in [1.807, 2.05) is 18.7 Å². The van der Waals surface area contributed by atoms with Crippen LogP contribution in [0.4, 0.5) is 0 Å². The molecule has 1 aromatic rings. The molecular formula is C14H18OS. The molecule has 0 saturated heterocycles. The zero-order chi connectivity index (χ0) is 11.4. The lowest BCUT2D eigenvalue weighted by Crippen LogP contribution is -2.03. The van der Waals surface area contributed by atoms with Crippen LogP contribution in [0.2, 0.25) is 0 Å². The molecule has 1 aromatic carbocycles. The first-order chi connectivity index (χ1) is 7.79. The van der Waals surface area contributed by atoms with Crippen LogP contribution in [0.25, 0.3) is 0 Å². The summed E-state index contributed by atoms with van der Waals surface area (Å²) in [4.78, 5) is 12.6. The van der Waals surface area contributed by atoms with Crippen molar-refractivity contribution in [2.45, 2.75) is 49.2 Å². The van der Waals surface area contributed by atoms with Gasteiger partial charge in [-0.05, 0) is 30.9 Å². The van der Waals surface area contributed by atoms with Gasteiger partial charge in [-0.3, -0.25) is 4.79 Å². The lowest BCUT2D eigenvalue weighted by molar-refractivity contribution is -0.118. The molecule has 1 unspecified atom stereocenters. The zero-order valence-corrected chi connectivity index (χ0v) is 10.6. The van der Waals surface area contributed by atoms with Crippen LogP contribution in [0.3, 0.4) is 0 Å². The highest BCUT2D eigenvalue weighted by atomic mass is 32.2. The van der Waals surface area contributed by atoms with Crippen LogP contribution in [-0.4, -0.2) is 11.0 Å². The first kappa shape index (κ1) is 11.7. The maximum Gasteiger partial charge on any atom is 0.132 e. The average Bonchev–Trinajstić information content (AvgIpc) is 2.71. The van der Waals surface area contributed by atoms with Gasteiger partial charge < -0.3 is 0 Å². The van der Waals surface area contributed by atoms with E-state index < -0.39 is 0 Å². The van der Waals surface area contributed by atoms with Gasteiger partial charge >= 0.3 is 0 Å². The van der Waals surface area contributed by atoms with Gasteiger partial charge in [-0.15, -0.1) is 11.8 Å². The fourth-order valence-electron chi connectivity index (χ4n) is 2.12. The van der Waals surface area contributed by atoms with Crippen LogP contribution in [0.5, 0.6) is 0 Å². The van der Waals surface area contributed by atoms with Gasteiger partial charge in [0.1, 0.15) is 5.78 Å². The van der Waals surface area contributed by atoms with E-state index in [1.165, 1.54) is 23.3 Å². The highest BCUT2D eigenvalue weighted by Crippen LogP contribution is 2.38. The van der Waals surface area contributed by atoms with Gasteiger partial charge in [0.15, 0.2) is 0 Å². The van der Waals surface area contributed by atoms with Crippen molar-refractivity contribution in [3.8, 4) is 0 Å². The van der Waals surface area contributed by atoms with Crippen LogP contribution in [0.15, 0.2) is 29.2 Å². The first-order valence-electron chi connectivity index (χ1n) is 6.06. The minimum atomic E-state index is 0.403. The lowest BCUT2D eigenvalue weighted by atomic mass is 10.0. The molecule has 0 N–H and O–H groups in total. The smallest absolute Gasteiger partial charge is 0.132 e. The van der Waals surface area contributed by atoms with Crippen LogP contribution >= 0.6 is 11.8 Å². The Hall–Kier alpha value is -0.760. The summed E-state index contributed by atoms with van der Waals surface area (Å²) in [5.74, 6) is 0.403. The van der Waals surface area contributed by atoms with Crippen molar-refractivity contribution in [2.24, 2.45) is 0 Å². The number of carbonyl (C=O) groups is 1. The monoisotopic (exact) mass is 234 g/mol. The van der Waals surface area contributed by atoms with Gasteiger partial charge in [0.05, 0.1) is 0 Å². The summed E-state index contributed by atoms with van der Waals surface area (Å²) < 4.78 is 0. The number of thioether (sulfide) groups is 1. The van der Waals surface area contributed by atoms with Crippen molar-refractivity contribution in [1.29, 1.82) is 0 Å². The summed E-state index contributed by atoms with van der Waals surface area (Å²) in [5, 5.41) is 0.696. The second-order valence-corrected chi connectivity index (χ2v) is 5.68. The van der Waals surface area contributed by atoms with E-state index >= 15 is 0 Å². The standard InChI is InChI=1S/C14H18OS/c1-2-12(15)7-5-8-13-10-11-6-3-4-9-14(11)16-13/h3-4,6,9,13H,2,5,7-8,10H2,1H3. The molecule has 1 heterocycles. The Labute approximate surface area is 102 Å². The molecule has 0 aliphatic carbocycles. The third-order valence-corrected chi connectivity index (χ3v) is 4.48. The van der Waals surface area contributed by atoms with Crippen molar-refractivity contribution in [3.05, 3.63) is 29.8 Å². The fraction of sp³-hybridized carbons (Fsp3) is 0.500. The topological polar surface area (TPSA) is 17.1 Å². The number of carbonyl (C=O) groups excluding carboxylic acids is 1. The van der Waals surface area contributed by atoms with Gasteiger partial charge in [-0.1, -0.05) is 25.1 Å². The molecule has 1 atom stereocenters. The van der Waals surface area contributed by atoms with Crippen molar-refractivity contribution < 1.29 is 4.79 Å². The molecule has 86 valence electrons. The molecule has 2 rings (SSSR count). The molecule has 0 aromatic heterocycles. The van der Waals surface area contributed by atoms with Gasteiger partial charge in [0.25, 0.3) is 0 Å². The van der Waals surface area contributed by atoms with E-state index in [9.17, 15) is 4.79 Å². The number of Topliss-reactive ketones (excluding diaryl/α,β-unsaturated/α-hetero) is 1. The molecule has 0 amide bonds. The quantitative estimate of drug-likeness (QED) is 0.769. The third-order valence-electron chi connectivity index (χ3n) is 3.09. The minimum absolute atomic E-state index is 0.403. The van der Waals surface area contributed by atoms with E-state index in [-0.39, 0.29) is 0 Å². The number of rotatable bonds is 5. The van der Waals surface area contributed by atoms with Crippen LogP contribution < -0.4 is 0 Å². The summed E-state index contributed by atoms with van der Waals surface area (Å²) in [7, 11) is 0. The second-order valence-electron chi connectivity index (χ2n) is 4.34. The SMILES string of the molecule is CCC(=O)CCCC1Cc2ccccc2S1. The molecule has 16 heavy (non-hydrogen) atoms. The van der Waals surface area contributed by atoms with Gasteiger partial charge in [0, 0.05) is 23.0 Å². The van der Waals surface area contributed by atoms with Crippen molar-refractivity contribution in [1.82, 2.24) is 0 Å². The number of fused-ring (bicyclic) bond motifs is 1. The normalized spacial score (nSPS) is 18.4. The van der Waals surface area contributed by atoms with Crippen LogP contribution in [-0.2, 0) is 11.2 Å². The van der Waals surface area contributed by atoms with E-state index in [0.29, 0.717) is 17.5 Å². The molecule has 0 fully saturated rings. The first-order valence-corrected chi connectivity index (χ1v) is 6.94. The molecule has 2 heteroatoms. The maximum absolute atomic E-state index is 11.2. The van der Waals surface area contributed by atoms with Crippen molar-refractivity contribution >= 4 is 17.5 Å². The van der Waals surface area contributed by atoms with E-state index in [1.54, 1.807) is 0 Å². The number of ketones is 1. The molecule has 1 nitrogen and oxygen atoms in total. The Kier molecular flexibility index (Phi) is 4.05. The van der Waals surface area contributed by atoms with Gasteiger partial charge in [0.2, 0.25) is 0 Å². The van der Waals surface area contributed by atoms with Gasteiger partial charge in [-0.2, -0.15) is 0 Å². The average molecular weight is 234 g/mol. The summed E-state index contributed by atoms with van der Waals surface area (Å²) in [5.41, 5.74) is 1.49. The summed E-state index contributed by atoms with van der Waals surface area (Å²) >= 11 is 1.98. The largest absolute Gasteiger partial charge is 0.300 e. The zero-order valence-electron chi connectivity index (χ0n) is 9.74. The molecule has 1 aliphatic rings. The highest BCUT2D eigenvalue weighted by Gasteiger charge is 2.21. The third kappa shape index (κ3) is 2.88. The number of hydrogen-bond acceptors (Lipinski definition) is 2. The summed E-state index contributed by atoms with van der Waals surface area (Å²) in [6.45, 7) is 1.95. The number of benzene rings is 1. The number of hydrogen-bond donors (Lipinski definition) is 0. The molecule has 1 aliphatic heterocycles. The molecular weight excluding hydrogens is 216 g/mol. The van der Waals surface area contributed by atoms with Crippen LogP contribution in [0, 0.1) is 0 Å². The van der Waals surface area contributed by atoms with E-state index in [0.717, 1.165) is 12.8 Å². The molecule has 0 saturated carbocycles. The Balaban J connectivity index is 1.77. The van der Waals surface area contributed by atoms with Crippen molar-refractivity contribution in [3.63, 3.8) is 0 Å².